The maximum absolute atomic E-state index is 6.53. The zero-order valence-electron chi connectivity index (χ0n) is 20.9. The Morgan fingerprint density at radius 2 is 0.946 bits per heavy atom. The Labute approximate surface area is 217 Å². The van der Waals surface area contributed by atoms with Crippen LogP contribution >= 0.6 is 8.60 Å². The molecule has 0 atom stereocenters. The average Bonchev–Trinajstić information content (AvgIpc) is 2.96. The van der Waals surface area contributed by atoms with Gasteiger partial charge in [-0.15, -0.1) is 0 Å². The lowest BCUT2D eigenvalue weighted by Crippen LogP contribution is -2.22. The maximum Gasteiger partial charge on any atom is 0.481 e. The number of benzene rings is 6. The Kier molecular flexibility index (Phi) is 6.63. The zero-order valence-corrected chi connectivity index (χ0v) is 21.8. The number of fused-ring (bicyclic) bond motifs is 6. The normalized spacial score (nSPS) is 11.8. The van der Waals surface area contributed by atoms with Crippen LogP contribution in [-0.4, -0.2) is 18.2 Å². The van der Waals surface area contributed by atoms with Gasteiger partial charge in [0, 0.05) is 23.9 Å². The van der Waals surface area contributed by atoms with Crippen LogP contribution in [0.25, 0.3) is 43.1 Å². The number of rotatable bonds is 8. The molecule has 4 nitrogen and oxygen atoms in total. The summed E-state index contributed by atoms with van der Waals surface area (Å²) in [7, 11) is -1.77. The molecule has 0 saturated carbocycles. The molecule has 6 rings (SSSR count). The van der Waals surface area contributed by atoms with Crippen LogP contribution in [0, 0.1) is 0 Å². The van der Waals surface area contributed by atoms with Crippen molar-refractivity contribution in [2.24, 2.45) is 0 Å². The summed E-state index contributed by atoms with van der Waals surface area (Å²) < 4.78 is 19.3. The predicted octanol–water partition coefficient (Wildman–Crippen LogP) is 9.26. The third kappa shape index (κ3) is 4.60. The monoisotopic (exact) mass is 505 g/mol. The van der Waals surface area contributed by atoms with Crippen molar-refractivity contribution in [3.05, 3.63) is 109 Å². The fourth-order valence-corrected chi connectivity index (χ4v) is 5.99. The quantitative estimate of drug-likeness (QED) is 0.117. The second-order valence-corrected chi connectivity index (χ2v) is 9.85. The summed E-state index contributed by atoms with van der Waals surface area (Å²) >= 11 is 0. The van der Waals surface area contributed by atoms with Crippen LogP contribution in [0.3, 0.4) is 0 Å². The third-order valence-corrected chi connectivity index (χ3v) is 7.78. The highest BCUT2D eigenvalue weighted by Gasteiger charge is 2.23. The van der Waals surface area contributed by atoms with Crippen molar-refractivity contribution in [3.8, 4) is 11.5 Å². The molecule has 0 bridgehead atoms. The molecule has 0 aliphatic carbocycles. The standard InChI is InChI=1S/C32H28NO3P/c1-3-33(4-2)36-37(34-31-17-9-15-27-25-13-7-5-11-23(25)19-21-29(27)31)35-32-18-10-16-28-26-14-8-6-12-24(26)20-22-30(28)32/h5-22H,3-4H2,1-2H3. The molecular weight excluding hydrogens is 477 g/mol. The van der Waals surface area contributed by atoms with Crippen molar-refractivity contribution in [2.45, 2.75) is 13.8 Å². The highest BCUT2D eigenvalue weighted by atomic mass is 31.2. The molecule has 0 radical (unpaired) electrons. The van der Waals surface area contributed by atoms with Crippen LogP contribution in [0.1, 0.15) is 13.8 Å². The minimum atomic E-state index is -1.77. The van der Waals surface area contributed by atoms with Crippen molar-refractivity contribution >= 4 is 51.7 Å². The molecule has 0 amide bonds. The van der Waals surface area contributed by atoms with Crippen molar-refractivity contribution in [1.82, 2.24) is 5.06 Å². The van der Waals surface area contributed by atoms with Crippen molar-refractivity contribution in [1.29, 1.82) is 0 Å². The van der Waals surface area contributed by atoms with E-state index in [4.69, 9.17) is 13.7 Å². The van der Waals surface area contributed by atoms with Gasteiger partial charge < -0.3 is 9.05 Å². The van der Waals surface area contributed by atoms with Gasteiger partial charge in [0.15, 0.2) is 0 Å². The molecule has 0 spiro atoms. The fourth-order valence-electron chi connectivity index (χ4n) is 4.83. The van der Waals surface area contributed by atoms with Gasteiger partial charge in [0.2, 0.25) is 0 Å². The van der Waals surface area contributed by atoms with Gasteiger partial charge >= 0.3 is 8.60 Å². The third-order valence-electron chi connectivity index (χ3n) is 6.73. The van der Waals surface area contributed by atoms with Gasteiger partial charge in [-0.2, -0.15) is 5.06 Å². The van der Waals surface area contributed by atoms with Crippen molar-refractivity contribution in [3.63, 3.8) is 0 Å². The van der Waals surface area contributed by atoms with E-state index in [9.17, 15) is 0 Å². The van der Waals surface area contributed by atoms with E-state index in [-0.39, 0.29) is 0 Å². The first-order valence-corrected chi connectivity index (χ1v) is 13.7. The fraction of sp³-hybridized carbons (Fsp3) is 0.125. The largest absolute Gasteiger partial charge is 0.481 e. The Bertz CT molecular complexity index is 1590. The summed E-state index contributed by atoms with van der Waals surface area (Å²) in [6.07, 6.45) is 0. The topological polar surface area (TPSA) is 30.9 Å². The van der Waals surface area contributed by atoms with Crippen LogP contribution in [0.2, 0.25) is 0 Å². The predicted molar refractivity (Wildman–Crippen MR) is 155 cm³/mol. The molecule has 0 N–H and O–H groups in total. The van der Waals surface area contributed by atoms with Gasteiger partial charge in [0.05, 0.1) is 0 Å². The first kappa shape index (κ1) is 23.7. The molecule has 0 aromatic heterocycles. The van der Waals surface area contributed by atoms with E-state index in [1.165, 1.54) is 21.5 Å². The van der Waals surface area contributed by atoms with E-state index in [1.807, 2.05) is 29.3 Å². The van der Waals surface area contributed by atoms with E-state index in [0.717, 1.165) is 46.1 Å². The first-order valence-electron chi connectivity index (χ1n) is 12.6. The van der Waals surface area contributed by atoms with Gasteiger partial charge in [-0.25, -0.2) is 4.62 Å². The Morgan fingerprint density at radius 3 is 1.43 bits per heavy atom. The van der Waals surface area contributed by atoms with E-state index in [1.54, 1.807) is 0 Å². The van der Waals surface area contributed by atoms with Crippen LogP contribution in [-0.2, 0) is 4.62 Å². The summed E-state index contributed by atoms with van der Waals surface area (Å²) in [5.74, 6) is 1.49. The van der Waals surface area contributed by atoms with E-state index in [2.05, 4.69) is 98.8 Å². The summed E-state index contributed by atoms with van der Waals surface area (Å²) in [5, 5.41) is 11.0. The summed E-state index contributed by atoms with van der Waals surface area (Å²) in [6, 6.07) is 37.6. The molecule has 0 fully saturated rings. The molecular formula is C32H28NO3P. The molecule has 0 heterocycles. The first-order chi connectivity index (χ1) is 18.2. The lowest BCUT2D eigenvalue weighted by atomic mass is 10.0. The van der Waals surface area contributed by atoms with Gasteiger partial charge in [-0.05, 0) is 44.5 Å². The average molecular weight is 506 g/mol. The highest BCUT2D eigenvalue weighted by molar-refractivity contribution is 7.42. The molecule has 6 aromatic carbocycles. The number of hydrogen-bond acceptors (Lipinski definition) is 4. The van der Waals surface area contributed by atoms with Crippen molar-refractivity contribution < 1.29 is 13.7 Å². The Hall–Kier alpha value is -3.69. The van der Waals surface area contributed by atoms with Crippen LogP contribution in [0.15, 0.2) is 109 Å². The summed E-state index contributed by atoms with van der Waals surface area (Å²) in [4.78, 5) is 0. The molecule has 6 aromatic rings. The van der Waals surface area contributed by atoms with E-state index in [0.29, 0.717) is 0 Å². The van der Waals surface area contributed by atoms with Crippen LogP contribution < -0.4 is 9.05 Å². The molecule has 184 valence electrons. The molecule has 37 heavy (non-hydrogen) atoms. The SMILES string of the molecule is CCN(CC)OP(Oc1cccc2c1ccc1ccccc12)Oc1cccc2c1ccc1ccccc12. The lowest BCUT2D eigenvalue weighted by Gasteiger charge is -2.24. The highest BCUT2D eigenvalue weighted by Crippen LogP contribution is 2.47. The second kappa shape index (κ2) is 10.4. The molecule has 0 aliphatic rings. The molecule has 0 unspecified atom stereocenters. The number of nitrogens with zero attached hydrogens (tertiary/aromatic N) is 1. The maximum atomic E-state index is 6.53. The van der Waals surface area contributed by atoms with E-state index >= 15 is 0 Å². The molecule has 0 aliphatic heterocycles. The minimum Gasteiger partial charge on any atom is -0.416 e. The second-order valence-electron chi connectivity index (χ2n) is 8.88. The van der Waals surface area contributed by atoms with Crippen LogP contribution in [0.5, 0.6) is 11.5 Å². The smallest absolute Gasteiger partial charge is 0.416 e. The molecule has 5 heteroatoms. The van der Waals surface area contributed by atoms with Crippen molar-refractivity contribution in [2.75, 3.05) is 13.1 Å². The van der Waals surface area contributed by atoms with Crippen LogP contribution in [0.4, 0.5) is 0 Å². The zero-order chi connectivity index (χ0) is 25.2. The minimum absolute atomic E-state index is 0.725. The number of hydroxylamine groups is 2. The van der Waals surface area contributed by atoms with Gasteiger partial charge in [0.25, 0.3) is 0 Å². The van der Waals surface area contributed by atoms with E-state index < -0.39 is 8.60 Å². The Morgan fingerprint density at radius 1 is 0.486 bits per heavy atom. The van der Waals surface area contributed by atoms with Gasteiger partial charge in [-0.1, -0.05) is 111 Å². The van der Waals surface area contributed by atoms with Gasteiger partial charge in [0.1, 0.15) is 11.5 Å². The lowest BCUT2D eigenvalue weighted by molar-refractivity contribution is -0.0551. The number of hydrogen-bond donors (Lipinski definition) is 0. The van der Waals surface area contributed by atoms with Gasteiger partial charge in [-0.3, -0.25) is 0 Å². The summed E-state index contributed by atoms with van der Waals surface area (Å²) in [6.45, 7) is 5.57. The Balaban J connectivity index is 1.41. The summed E-state index contributed by atoms with van der Waals surface area (Å²) in [5.41, 5.74) is 0. The molecule has 0 saturated heterocycles.